The van der Waals surface area contributed by atoms with Gasteiger partial charge in [0, 0.05) is 17.7 Å². The molecule has 7 nitrogen and oxygen atoms in total. The van der Waals surface area contributed by atoms with Crippen molar-refractivity contribution < 1.29 is 9.72 Å². The molecule has 2 aromatic carbocycles. The molecular weight excluding hydrogens is 272 g/mol. The van der Waals surface area contributed by atoms with Crippen LogP contribution in [0.2, 0.25) is 0 Å². The summed E-state index contributed by atoms with van der Waals surface area (Å²) in [4.78, 5) is 22.2. The van der Waals surface area contributed by atoms with Crippen molar-refractivity contribution in [3.63, 3.8) is 0 Å². The number of para-hydroxylation sites is 1. The third kappa shape index (κ3) is 2.44. The van der Waals surface area contributed by atoms with E-state index in [1.165, 1.54) is 18.2 Å². The number of hydrazone groups is 1. The molecular formula is C14H10N4O3. The number of carbonyl (C=O) groups excluding carboxylic acids is 1. The van der Waals surface area contributed by atoms with Crippen molar-refractivity contribution in [3.8, 4) is 0 Å². The van der Waals surface area contributed by atoms with Crippen molar-refractivity contribution in [2.75, 3.05) is 10.7 Å². The zero-order valence-corrected chi connectivity index (χ0v) is 10.7. The summed E-state index contributed by atoms with van der Waals surface area (Å²) in [5.41, 5.74) is 4.45. The number of anilines is 2. The predicted molar refractivity (Wildman–Crippen MR) is 78.3 cm³/mol. The van der Waals surface area contributed by atoms with Crippen LogP contribution >= 0.6 is 0 Å². The van der Waals surface area contributed by atoms with E-state index < -0.39 is 10.8 Å². The Hall–Kier alpha value is -3.22. The summed E-state index contributed by atoms with van der Waals surface area (Å²) in [6.07, 6.45) is 0. The summed E-state index contributed by atoms with van der Waals surface area (Å²) in [5.74, 6) is -0.395. The molecule has 1 aliphatic heterocycles. The van der Waals surface area contributed by atoms with Gasteiger partial charge in [0.05, 0.1) is 16.3 Å². The minimum atomic E-state index is -0.509. The van der Waals surface area contributed by atoms with Crippen LogP contribution < -0.4 is 10.7 Å². The summed E-state index contributed by atoms with van der Waals surface area (Å²) in [5, 5.41) is 17.5. The van der Waals surface area contributed by atoms with Crippen LogP contribution in [0.5, 0.6) is 0 Å². The van der Waals surface area contributed by atoms with Crippen LogP contribution in [-0.2, 0) is 4.79 Å². The Morgan fingerprint density at radius 1 is 1.14 bits per heavy atom. The fourth-order valence-corrected chi connectivity index (χ4v) is 2.00. The standard InChI is InChI=1S/C14H10N4O3/c19-14-13(17-16-9-4-2-1-3-5-9)11-8-10(18(20)21)6-7-12(11)15-14/h1-8,16H,(H,15,17,19). The Morgan fingerprint density at radius 3 is 2.62 bits per heavy atom. The van der Waals surface area contributed by atoms with Gasteiger partial charge in [0.15, 0.2) is 5.71 Å². The number of rotatable bonds is 3. The van der Waals surface area contributed by atoms with Crippen LogP contribution in [0.25, 0.3) is 0 Å². The molecule has 0 saturated heterocycles. The van der Waals surface area contributed by atoms with Gasteiger partial charge < -0.3 is 5.32 Å². The third-order valence-corrected chi connectivity index (χ3v) is 3.00. The molecule has 21 heavy (non-hydrogen) atoms. The van der Waals surface area contributed by atoms with Crippen molar-refractivity contribution in [1.29, 1.82) is 0 Å². The van der Waals surface area contributed by atoms with E-state index in [9.17, 15) is 14.9 Å². The Bertz CT molecular complexity index is 756. The maximum Gasteiger partial charge on any atom is 0.276 e. The van der Waals surface area contributed by atoms with E-state index in [0.29, 0.717) is 11.3 Å². The molecule has 0 atom stereocenters. The summed E-state index contributed by atoms with van der Waals surface area (Å²) in [6.45, 7) is 0. The average Bonchev–Trinajstić information content (AvgIpc) is 2.80. The monoisotopic (exact) mass is 282 g/mol. The lowest BCUT2D eigenvalue weighted by atomic mass is 10.1. The van der Waals surface area contributed by atoms with Crippen LogP contribution in [0, 0.1) is 10.1 Å². The van der Waals surface area contributed by atoms with E-state index >= 15 is 0 Å². The lowest BCUT2D eigenvalue weighted by Crippen LogP contribution is -2.15. The van der Waals surface area contributed by atoms with Crippen molar-refractivity contribution in [1.82, 2.24) is 0 Å². The molecule has 0 aliphatic carbocycles. The first-order valence-corrected chi connectivity index (χ1v) is 6.14. The Labute approximate surface area is 119 Å². The fourth-order valence-electron chi connectivity index (χ4n) is 2.00. The second kappa shape index (κ2) is 5.04. The summed E-state index contributed by atoms with van der Waals surface area (Å²) < 4.78 is 0. The minimum absolute atomic E-state index is 0.0855. The van der Waals surface area contributed by atoms with Gasteiger partial charge in [-0.25, -0.2) is 0 Å². The molecule has 3 rings (SSSR count). The molecule has 7 heteroatoms. The second-order valence-corrected chi connectivity index (χ2v) is 4.38. The molecule has 1 heterocycles. The van der Waals surface area contributed by atoms with Gasteiger partial charge in [0.2, 0.25) is 0 Å². The highest BCUT2D eigenvalue weighted by Crippen LogP contribution is 2.27. The quantitative estimate of drug-likeness (QED) is 0.667. The van der Waals surface area contributed by atoms with Gasteiger partial charge >= 0.3 is 0 Å². The molecule has 0 aromatic heterocycles. The van der Waals surface area contributed by atoms with Gasteiger partial charge in [0.1, 0.15) is 0 Å². The third-order valence-electron chi connectivity index (χ3n) is 3.00. The number of hydrogen-bond acceptors (Lipinski definition) is 5. The van der Waals surface area contributed by atoms with Crippen LogP contribution in [0.15, 0.2) is 53.6 Å². The molecule has 0 fully saturated rings. The number of nitro groups is 1. The maximum atomic E-state index is 11.9. The molecule has 0 bridgehead atoms. The summed E-state index contributed by atoms with van der Waals surface area (Å²) in [7, 11) is 0. The number of nitro benzene ring substituents is 1. The number of amides is 1. The summed E-state index contributed by atoms with van der Waals surface area (Å²) in [6, 6.07) is 13.3. The van der Waals surface area contributed by atoms with Crippen molar-refractivity contribution in [2.45, 2.75) is 0 Å². The lowest BCUT2D eigenvalue weighted by molar-refractivity contribution is -0.384. The van der Waals surface area contributed by atoms with Crippen molar-refractivity contribution in [3.05, 3.63) is 64.2 Å². The largest absolute Gasteiger partial charge is 0.320 e. The highest BCUT2D eigenvalue weighted by molar-refractivity contribution is 6.54. The van der Waals surface area contributed by atoms with Crippen LogP contribution in [-0.4, -0.2) is 16.5 Å². The van der Waals surface area contributed by atoms with Crippen molar-refractivity contribution in [2.24, 2.45) is 5.10 Å². The van der Waals surface area contributed by atoms with Gasteiger partial charge in [-0.05, 0) is 18.2 Å². The number of fused-ring (bicyclic) bond motifs is 1. The van der Waals surface area contributed by atoms with Gasteiger partial charge in [-0.3, -0.25) is 20.3 Å². The number of carbonyl (C=O) groups is 1. The van der Waals surface area contributed by atoms with Gasteiger partial charge in [0.25, 0.3) is 11.6 Å². The first kappa shape index (κ1) is 12.8. The molecule has 0 unspecified atom stereocenters. The van der Waals surface area contributed by atoms with Crippen LogP contribution in [0.1, 0.15) is 5.56 Å². The van der Waals surface area contributed by atoms with Crippen LogP contribution in [0.4, 0.5) is 17.1 Å². The molecule has 2 N–H and O–H groups in total. The molecule has 0 saturated carbocycles. The number of hydrogen-bond donors (Lipinski definition) is 2. The van der Waals surface area contributed by atoms with E-state index in [1.807, 2.05) is 18.2 Å². The van der Waals surface area contributed by atoms with E-state index in [2.05, 4.69) is 15.8 Å². The molecule has 1 amide bonds. The lowest BCUT2D eigenvalue weighted by Gasteiger charge is -2.01. The Kier molecular flexibility index (Phi) is 3.07. The number of benzene rings is 2. The fraction of sp³-hybridized carbons (Fsp3) is 0. The predicted octanol–water partition coefficient (Wildman–Crippen LogP) is 2.36. The van der Waals surface area contributed by atoms with Crippen molar-refractivity contribution >= 4 is 28.7 Å². The first-order chi connectivity index (χ1) is 10.1. The van der Waals surface area contributed by atoms with Gasteiger partial charge in [-0.1, -0.05) is 18.2 Å². The second-order valence-electron chi connectivity index (χ2n) is 4.38. The van der Waals surface area contributed by atoms with Gasteiger partial charge in [-0.2, -0.15) is 5.10 Å². The van der Waals surface area contributed by atoms with E-state index in [4.69, 9.17) is 0 Å². The molecule has 0 spiro atoms. The minimum Gasteiger partial charge on any atom is -0.320 e. The van der Waals surface area contributed by atoms with E-state index in [-0.39, 0.29) is 11.4 Å². The Balaban J connectivity index is 1.96. The zero-order chi connectivity index (χ0) is 14.8. The number of nitrogens with zero attached hydrogens (tertiary/aromatic N) is 2. The number of non-ortho nitro benzene ring substituents is 1. The normalized spacial score (nSPS) is 14.7. The molecule has 1 aliphatic rings. The van der Waals surface area contributed by atoms with Crippen LogP contribution in [0.3, 0.4) is 0 Å². The zero-order valence-electron chi connectivity index (χ0n) is 10.7. The maximum absolute atomic E-state index is 11.9. The molecule has 104 valence electrons. The molecule has 2 aromatic rings. The highest BCUT2D eigenvalue weighted by atomic mass is 16.6. The van der Waals surface area contributed by atoms with E-state index in [1.54, 1.807) is 12.1 Å². The number of nitrogens with one attached hydrogen (secondary N) is 2. The molecule has 0 radical (unpaired) electrons. The SMILES string of the molecule is O=C1Nc2ccc([N+](=O)[O-])cc2/C1=N/Nc1ccccc1. The van der Waals surface area contributed by atoms with E-state index in [0.717, 1.165) is 5.69 Å². The topological polar surface area (TPSA) is 96.6 Å². The smallest absolute Gasteiger partial charge is 0.276 e. The Morgan fingerprint density at radius 2 is 1.90 bits per heavy atom. The van der Waals surface area contributed by atoms with Gasteiger partial charge in [-0.15, -0.1) is 0 Å². The summed E-state index contributed by atoms with van der Waals surface area (Å²) >= 11 is 0. The highest BCUT2D eigenvalue weighted by Gasteiger charge is 2.28. The first-order valence-electron chi connectivity index (χ1n) is 6.14. The average molecular weight is 282 g/mol.